The standard InChI is InChI=1S/C15H21NO2/c1-12(2)14-7-4-13(5-8-14)6-9-15(18)16-10-3-11-17/h4-9,12,17H,3,10-11H2,1-2H3,(H,16,18)/b9-6+. The molecule has 18 heavy (non-hydrogen) atoms. The lowest BCUT2D eigenvalue weighted by Gasteiger charge is -2.04. The fraction of sp³-hybridized carbons (Fsp3) is 0.400. The van der Waals surface area contributed by atoms with Gasteiger partial charge in [-0.15, -0.1) is 0 Å². The summed E-state index contributed by atoms with van der Waals surface area (Å²) in [4.78, 5) is 11.4. The van der Waals surface area contributed by atoms with E-state index < -0.39 is 0 Å². The molecule has 1 aromatic rings. The Morgan fingerprint density at radius 3 is 2.56 bits per heavy atom. The van der Waals surface area contributed by atoms with Crippen LogP contribution in [0.15, 0.2) is 30.3 Å². The zero-order valence-corrected chi connectivity index (χ0v) is 11.0. The highest BCUT2D eigenvalue weighted by molar-refractivity contribution is 5.91. The van der Waals surface area contributed by atoms with Gasteiger partial charge in [0.25, 0.3) is 0 Å². The maximum Gasteiger partial charge on any atom is 0.244 e. The largest absolute Gasteiger partial charge is 0.396 e. The fourth-order valence-corrected chi connectivity index (χ4v) is 1.51. The van der Waals surface area contributed by atoms with Gasteiger partial charge in [0.2, 0.25) is 5.91 Å². The highest BCUT2D eigenvalue weighted by atomic mass is 16.3. The molecule has 3 nitrogen and oxygen atoms in total. The number of nitrogens with one attached hydrogen (secondary N) is 1. The van der Waals surface area contributed by atoms with Gasteiger partial charge in [-0.3, -0.25) is 4.79 Å². The third kappa shape index (κ3) is 5.15. The van der Waals surface area contributed by atoms with Crippen molar-refractivity contribution in [2.75, 3.05) is 13.2 Å². The van der Waals surface area contributed by atoms with Gasteiger partial charge < -0.3 is 10.4 Å². The van der Waals surface area contributed by atoms with Crippen molar-refractivity contribution >= 4 is 12.0 Å². The van der Waals surface area contributed by atoms with Crippen molar-refractivity contribution in [1.29, 1.82) is 0 Å². The van der Waals surface area contributed by atoms with E-state index in [1.807, 2.05) is 12.1 Å². The van der Waals surface area contributed by atoms with Crippen molar-refractivity contribution in [3.05, 3.63) is 41.5 Å². The number of hydrogen-bond donors (Lipinski definition) is 2. The van der Waals surface area contributed by atoms with Crippen LogP contribution in [-0.4, -0.2) is 24.2 Å². The number of hydrogen-bond acceptors (Lipinski definition) is 2. The van der Waals surface area contributed by atoms with E-state index in [1.54, 1.807) is 6.08 Å². The predicted octanol–water partition coefficient (Wildman–Crippen LogP) is 2.32. The SMILES string of the molecule is CC(C)c1ccc(/C=C/C(=O)NCCCO)cc1. The van der Waals surface area contributed by atoms with Crippen molar-refractivity contribution in [3.63, 3.8) is 0 Å². The highest BCUT2D eigenvalue weighted by Gasteiger charge is 1.98. The first-order valence-electron chi connectivity index (χ1n) is 6.30. The molecule has 2 N–H and O–H groups in total. The van der Waals surface area contributed by atoms with Crippen molar-refractivity contribution in [1.82, 2.24) is 5.32 Å². The number of aliphatic hydroxyl groups is 1. The summed E-state index contributed by atoms with van der Waals surface area (Å²) in [5.41, 5.74) is 2.30. The molecule has 0 aliphatic carbocycles. The van der Waals surface area contributed by atoms with Gasteiger partial charge in [0, 0.05) is 19.2 Å². The summed E-state index contributed by atoms with van der Waals surface area (Å²) < 4.78 is 0. The first kappa shape index (κ1) is 14.5. The summed E-state index contributed by atoms with van der Waals surface area (Å²) in [5, 5.41) is 11.3. The second-order valence-corrected chi connectivity index (χ2v) is 4.52. The molecular weight excluding hydrogens is 226 g/mol. The summed E-state index contributed by atoms with van der Waals surface area (Å²) in [6.45, 7) is 4.91. The minimum atomic E-state index is -0.128. The van der Waals surface area contributed by atoms with Crippen LogP contribution in [0.4, 0.5) is 0 Å². The maximum atomic E-state index is 11.4. The predicted molar refractivity (Wildman–Crippen MR) is 74.3 cm³/mol. The van der Waals surface area contributed by atoms with Gasteiger partial charge in [0.05, 0.1) is 0 Å². The monoisotopic (exact) mass is 247 g/mol. The van der Waals surface area contributed by atoms with Crippen LogP contribution in [0.5, 0.6) is 0 Å². The average molecular weight is 247 g/mol. The lowest BCUT2D eigenvalue weighted by atomic mass is 10.0. The first-order chi connectivity index (χ1) is 8.63. The molecule has 0 spiro atoms. The lowest BCUT2D eigenvalue weighted by Crippen LogP contribution is -2.22. The molecule has 0 unspecified atom stereocenters. The number of rotatable bonds is 6. The van der Waals surface area contributed by atoms with Gasteiger partial charge in [0.1, 0.15) is 0 Å². The van der Waals surface area contributed by atoms with Gasteiger partial charge in [-0.05, 0) is 29.5 Å². The van der Waals surface area contributed by atoms with Crippen molar-refractivity contribution in [3.8, 4) is 0 Å². The van der Waals surface area contributed by atoms with Gasteiger partial charge in [0.15, 0.2) is 0 Å². The first-order valence-corrected chi connectivity index (χ1v) is 6.30. The van der Waals surface area contributed by atoms with E-state index in [0.717, 1.165) is 5.56 Å². The van der Waals surface area contributed by atoms with Crippen LogP contribution in [0.1, 0.15) is 37.3 Å². The highest BCUT2D eigenvalue weighted by Crippen LogP contribution is 2.15. The van der Waals surface area contributed by atoms with E-state index in [2.05, 4.69) is 31.3 Å². The molecule has 0 aliphatic heterocycles. The maximum absolute atomic E-state index is 11.4. The lowest BCUT2D eigenvalue weighted by molar-refractivity contribution is -0.116. The Kier molecular flexibility index (Phi) is 6.15. The van der Waals surface area contributed by atoms with Crippen molar-refractivity contribution < 1.29 is 9.90 Å². The summed E-state index contributed by atoms with van der Waals surface area (Å²) in [5.74, 6) is 0.390. The van der Waals surface area contributed by atoms with Crippen LogP contribution < -0.4 is 5.32 Å². The average Bonchev–Trinajstić information content (AvgIpc) is 2.37. The molecule has 0 saturated carbocycles. The minimum absolute atomic E-state index is 0.0979. The van der Waals surface area contributed by atoms with E-state index in [4.69, 9.17) is 5.11 Å². The van der Waals surface area contributed by atoms with Gasteiger partial charge in [-0.25, -0.2) is 0 Å². The molecule has 0 fully saturated rings. The summed E-state index contributed by atoms with van der Waals surface area (Å²) in [6, 6.07) is 8.17. The normalized spacial score (nSPS) is 11.1. The second-order valence-electron chi connectivity index (χ2n) is 4.52. The van der Waals surface area contributed by atoms with Gasteiger partial charge in [-0.1, -0.05) is 38.1 Å². The van der Waals surface area contributed by atoms with Crippen LogP contribution >= 0.6 is 0 Å². The second kappa shape index (κ2) is 7.67. The number of aliphatic hydroxyl groups excluding tert-OH is 1. The van der Waals surface area contributed by atoms with Crippen LogP contribution in [0.25, 0.3) is 6.08 Å². The fourth-order valence-electron chi connectivity index (χ4n) is 1.51. The van der Waals surface area contributed by atoms with Crippen LogP contribution in [-0.2, 0) is 4.79 Å². The number of carbonyl (C=O) groups is 1. The van der Waals surface area contributed by atoms with Crippen molar-refractivity contribution in [2.45, 2.75) is 26.2 Å². The van der Waals surface area contributed by atoms with E-state index in [9.17, 15) is 4.79 Å². The van der Waals surface area contributed by atoms with Gasteiger partial charge >= 0.3 is 0 Å². The molecule has 0 aliphatic rings. The number of carbonyl (C=O) groups excluding carboxylic acids is 1. The molecule has 0 aromatic heterocycles. The van der Waals surface area contributed by atoms with Crippen LogP contribution in [0.3, 0.4) is 0 Å². The zero-order chi connectivity index (χ0) is 13.4. The van der Waals surface area contributed by atoms with Crippen LogP contribution in [0.2, 0.25) is 0 Å². The molecule has 0 radical (unpaired) electrons. The molecular formula is C15H21NO2. The quantitative estimate of drug-likeness (QED) is 0.598. The topological polar surface area (TPSA) is 49.3 Å². The third-order valence-electron chi connectivity index (χ3n) is 2.66. The minimum Gasteiger partial charge on any atom is -0.396 e. The van der Waals surface area contributed by atoms with Crippen molar-refractivity contribution in [2.24, 2.45) is 0 Å². The summed E-state index contributed by atoms with van der Waals surface area (Å²) >= 11 is 0. The summed E-state index contributed by atoms with van der Waals surface area (Å²) in [6.07, 6.45) is 3.89. The molecule has 1 rings (SSSR count). The molecule has 0 bridgehead atoms. The molecule has 1 aromatic carbocycles. The Morgan fingerprint density at radius 2 is 2.00 bits per heavy atom. The molecule has 0 heterocycles. The van der Waals surface area contributed by atoms with E-state index in [0.29, 0.717) is 18.9 Å². The molecule has 98 valence electrons. The molecule has 3 heteroatoms. The molecule has 1 amide bonds. The number of benzene rings is 1. The Hall–Kier alpha value is -1.61. The third-order valence-corrected chi connectivity index (χ3v) is 2.66. The summed E-state index contributed by atoms with van der Waals surface area (Å²) in [7, 11) is 0. The Bertz CT molecular complexity index is 393. The molecule has 0 saturated heterocycles. The van der Waals surface area contributed by atoms with E-state index in [-0.39, 0.29) is 12.5 Å². The Labute approximate surface area is 109 Å². The Morgan fingerprint density at radius 1 is 1.33 bits per heavy atom. The van der Waals surface area contributed by atoms with Gasteiger partial charge in [-0.2, -0.15) is 0 Å². The van der Waals surface area contributed by atoms with E-state index >= 15 is 0 Å². The zero-order valence-electron chi connectivity index (χ0n) is 11.0. The van der Waals surface area contributed by atoms with Crippen LogP contribution in [0, 0.1) is 0 Å². The Balaban J connectivity index is 2.48. The van der Waals surface area contributed by atoms with E-state index in [1.165, 1.54) is 11.6 Å². The smallest absolute Gasteiger partial charge is 0.244 e. The number of amides is 1. The molecule has 0 atom stereocenters.